The fourth-order valence-electron chi connectivity index (χ4n) is 1.33. The molecule has 0 spiro atoms. The minimum Gasteiger partial charge on any atom is -0.497 e. The van der Waals surface area contributed by atoms with Gasteiger partial charge in [0.1, 0.15) is 17.3 Å². The highest BCUT2D eigenvalue weighted by atomic mass is 35.5. The van der Waals surface area contributed by atoms with Crippen molar-refractivity contribution in [3.63, 3.8) is 0 Å². The van der Waals surface area contributed by atoms with Crippen LogP contribution in [-0.2, 0) is 11.2 Å². The predicted molar refractivity (Wildman–Crippen MR) is 63.6 cm³/mol. The van der Waals surface area contributed by atoms with Gasteiger partial charge in [-0.3, -0.25) is 4.79 Å². The first kappa shape index (κ1) is 12.8. The van der Waals surface area contributed by atoms with E-state index in [9.17, 15) is 4.79 Å². The van der Waals surface area contributed by atoms with Crippen LogP contribution in [0.15, 0.2) is 18.2 Å². The van der Waals surface area contributed by atoms with E-state index in [1.807, 2.05) is 12.1 Å². The first-order valence-corrected chi connectivity index (χ1v) is 5.37. The number of hydrogen-bond donors (Lipinski definition) is 0. The molecule has 1 rings (SSSR count). The van der Waals surface area contributed by atoms with E-state index in [0.717, 1.165) is 5.56 Å². The van der Waals surface area contributed by atoms with Crippen molar-refractivity contribution in [2.45, 2.75) is 18.7 Å². The summed E-state index contributed by atoms with van der Waals surface area (Å²) >= 11 is 5.91. The number of methoxy groups -OCH3 is 2. The van der Waals surface area contributed by atoms with E-state index in [2.05, 4.69) is 0 Å². The van der Waals surface area contributed by atoms with E-state index in [-0.39, 0.29) is 5.78 Å². The zero-order valence-electron chi connectivity index (χ0n) is 9.62. The van der Waals surface area contributed by atoms with Gasteiger partial charge in [-0.25, -0.2) is 0 Å². The fraction of sp³-hybridized carbons (Fsp3) is 0.417. The summed E-state index contributed by atoms with van der Waals surface area (Å²) in [5, 5.41) is -0.503. The Morgan fingerprint density at radius 3 is 2.12 bits per heavy atom. The molecule has 0 radical (unpaired) electrons. The molecule has 0 aliphatic heterocycles. The Morgan fingerprint density at radius 1 is 1.25 bits per heavy atom. The molecule has 16 heavy (non-hydrogen) atoms. The third-order valence-corrected chi connectivity index (χ3v) is 2.73. The highest BCUT2D eigenvalue weighted by Crippen LogP contribution is 2.24. The average molecular weight is 243 g/mol. The van der Waals surface area contributed by atoms with Crippen LogP contribution in [-0.4, -0.2) is 25.4 Å². The second-order valence-electron chi connectivity index (χ2n) is 3.50. The molecule has 1 unspecified atom stereocenters. The molecular formula is C12H15ClO3. The lowest BCUT2D eigenvalue weighted by molar-refractivity contribution is -0.116. The molecule has 0 saturated carbocycles. The lowest BCUT2D eigenvalue weighted by Gasteiger charge is -2.10. The van der Waals surface area contributed by atoms with Gasteiger partial charge in [-0.05, 0) is 31.0 Å². The smallest absolute Gasteiger partial charge is 0.147 e. The Kier molecular flexibility index (Phi) is 4.62. The Bertz CT molecular complexity index is 354. The zero-order chi connectivity index (χ0) is 12.1. The Hall–Kier alpha value is -1.22. The minimum atomic E-state index is -0.503. The highest BCUT2D eigenvalue weighted by Gasteiger charge is 2.12. The van der Waals surface area contributed by atoms with Crippen LogP contribution in [0.3, 0.4) is 0 Å². The number of rotatable bonds is 5. The van der Waals surface area contributed by atoms with Crippen LogP contribution in [0, 0.1) is 0 Å². The summed E-state index contributed by atoms with van der Waals surface area (Å²) in [6.07, 6.45) is 0.477. The molecule has 1 aromatic rings. The molecule has 0 bridgehead atoms. The lowest BCUT2D eigenvalue weighted by Crippen LogP contribution is -2.13. The molecule has 1 atom stereocenters. The number of Topliss-reactive ketones (excluding diaryl/α,β-unsaturated/α-hetero) is 1. The first-order valence-electron chi connectivity index (χ1n) is 4.93. The molecule has 3 nitrogen and oxygen atoms in total. The van der Waals surface area contributed by atoms with Crippen LogP contribution in [0.2, 0.25) is 0 Å². The van der Waals surface area contributed by atoms with Crippen LogP contribution >= 0.6 is 11.6 Å². The van der Waals surface area contributed by atoms with Crippen molar-refractivity contribution in [3.8, 4) is 11.5 Å². The van der Waals surface area contributed by atoms with E-state index in [1.165, 1.54) is 6.92 Å². The van der Waals surface area contributed by atoms with Gasteiger partial charge < -0.3 is 9.47 Å². The maximum absolute atomic E-state index is 11.1. The second-order valence-corrected chi connectivity index (χ2v) is 4.03. The number of halogens is 1. The Morgan fingerprint density at radius 2 is 1.75 bits per heavy atom. The highest BCUT2D eigenvalue weighted by molar-refractivity contribution is 6.30. The van der Waals surface area contributed by atoms with Crippen molar-refractivity contribution >= 4 is 17.4 Å². The summed E-state index contributed by atoms with van der Waals surface area (Å²) in [5.41, 5.74) is 0.923. The number of hydrogen-bond acceptors (Lipinski definition) is 3. The number of ketones is 1. The Labute approximate surface area is 100 Å². The normalized spacial score (nSPS) is 12.0. The topological polar surface area (TPSA) is 35.5 Å². The van der Waals surface area contributed by atoms with Gasteiger partial charge in [0.2, 0.25) is 0 Å². The van der Waals surface area contributed by atoms with Gasteiger partial charge in [0.05, 0.1) is 19.6 Å². The van der Waals surface area contributed by atoms with E-state index < -0.39 is 5.38 Å². The third kappa shape index (κ3) is 3.42. The van der Waals surface area contributed by atoms with Crippen LogP contribution in [0.5, 0.6) is 11.5 Å². The lowest BCUT2D eigenvalue weighted by atomic mass is 10.1. The number of carbonyl (C=O) groups is 1. The third-order valence-electron chi connectivity index (χ3n) is 2.27. The summed E-state index contributed by atoms with van der Waals surface area (Å²) in [5.74, 6) is 1.35. The number of ether oxygens (including phenoxy) is 2. The van der Waals surface area contributed by atoms with Crippen molar-refractivity contribution in [1.82, 2.24) is 0 Å². The van der Waals surface area contributed by atoms with Crippen LogP contribution in [0.1, 0.15) is 12.5 Å². The summed E-state index contributed by atoms with van der Waals surface area (Å²) in [7, 11) is 3.17. The molecule has 88 valence electrons. The predicted octanol–water partition coefficient (Wildman–Crippen LogP) is 2.44. The first-order chi connectivity index (χ1) is 7.56. The van der Waals surface area contributed by atoms with Crippen molar-refractivity contribution < 1.29 is 14.3 Å². The van der Waals surface area contributed by atoms with Gasteiger partial charge in [-0.2, -0.15) is 0 Å². The van der Waals surface area contributed by atoms with E-state index in [4.69, 9.17) is 21.1 Å². The van der Waals surface area contributed by atoms with Gasteiger partial charge in [0.25, 0.3) is 0 Å². The van der Waals surface area contributed by atoms with Gasteiger partial charge in [0, 0.05) is 6.07 Å². The molecule has 0 fully saturated rings. The zero-order valence-corrected chi connectivity index (χ0v) is 10.4. The maximum Gasteiger partial charge on any atom is 0.147 e. The number of benzene rings is 1. The quantitative estimate of drug-likeness (QED) is 0.744. The van der Waals surface area contributed by atoms with Crippen LogP contribution < -0.4 is 9.47 Å². The molecule has 0 saturated heterocycles. The van der Waals surface area contributed by atoms with E-state index in [0.29, 0.717) is 17.9 Å². The summed E-state index contributed by atoms with van der Waals surface area (Å²) in [6.45, 7) is 1.48. The van der Waals surface area contributed by atoms with Gasteiger partial charge >= 0.3 is 0 Å². The van der Waals surface area contributed by atoms with E-state index in [1.54, 1.807) is 20.3 Å². The second kappa shape index (κ2) is 5.75. The van der Waals surface area contributed by atoms with Crippen molar-refractivity contribution in [2.75, 3.05) is 14.2 Å². The van der Waals surface area contributed by atoms with Gasteiger partial charge in [-0.15, -0.1) is 11.6 Å². The summed E-state index contributed by atoms with van der Waals surface area (Å²) in [6, 6.07) is 5.47. The van der Waals surface area contributed by atoms with Crippen molar-refractivity contribution in [3.05, 3.63) is 23.8 Å². The standard InChI is InChI=1S/C12H15ClO3/c1-8(14)12(13)6-9-4-10(15-2)7-11(5-9)16-3/h4-5,7,12H,6H2,1-3H3. The molecular weight excluding hydrogens is 228 g/mol. The molecule has 0 N–H and O–H groups in total. The fourth-order valence-corrected chi connectivity index (χ4v) is 1.51. The number of carbonyl (C=O) groups excluding carboxylic acids is 1. The average Bonchev–Trinajstić information content (AvgIpc) is 2.28. The summed E-state index contributed by atoms with van der Waals surface area (Å²) in [4.78, 5) is 11.1. The maximum atomic E-state index is 11.1. The SMILES string of the molecule is COc1cc(CC(Cl)C(C)=O)cc(OC)c1. The monoisotopic (exact) mass is 242 g/mol. The molecule has 0 aromatic heterocycles. The largest absolute Gasteiger partial charge is 0.497 e. The van der Waals surface area contributed by atoms with E-state index >= 15 is 0 Å². The van der Waals surface area contributed by atoms with Crippen molar-refractivity contribution in [1.29, 1.82) is 0 Å². The molecule has 0 aliphatic carbocycles. The minimum absolute atomic E-state index is 0.0385. The molecule has 0 heterocycles. The van der Waals surface area contributed by atoms with Crippen molar-refractivity contribution in [2.24, 2.45) is 0 Å². The molecule has 1 aromatic carbocycles. The molecule has 0 aliphatic rings. The Balaban J connectivity index is 2.90. The number of alkyl halides is 1. The van der Waals surface area contributed by atoms with Crippen LogP contribution in [0.25, 0.3) is 0 Å². The molecule has 0 amide bonds. The summed E-state index contributed by atoms with van der Waals surface area (Å²) < 4.78 is 10.3. The van der Waals surface area contributed by atoms with Gasteiger partial charge in [-0.1, -0.05) is 0 Å². The van der Waals surface area contributed by atoms with Crippen LogP contribution in [0.4, 0.5) is 0 Å². The molecule has 4 heteroatoms. The van der Waals surface area contributed by atoms with Gasteiger partial charge in [0.15, 0.2) is 0 Å².